The summed E-state index contributed by atoms with van der Waals surface area (Å²) >= 11 is 0. The third kappa shape index (κ3) is 8.62. The van der Waals surface area contributed by atoms with Gasteiger partial charge < -0.3 is 9.80 Å². The number of alkyl halides is 6. The highest BCUT2D eigenvalue weighted by atomic mass is 19.4. The number of aromatic nitrogens is 4. The van der Waals surface area contributed by atoms with Gasteiger partial charge in [-0.15, -0.1) is 0 Å². The molecule has 0 spiro atoms. The molecule has 0 N–H and O–H groups in total. The number of fused-ring (bicyclic) bond motifs is 2. The van der Waals surface area contributed by atoms with E-state index in [1.807, 2.05) is 24.0 Å². The van der Waals surface area contributed by atoms with E-state index in [1.54, 1.807) is 48.3 Å². The summed E-state index contributed by atoms with van der Waals surface area (Å²) in [5, 5.41) is 7.79. The Balaban J connectivity index is 0.000000182. The van der Waals surface area contributed by atoms with E-state index in [0.717, 1.165) is 62.7 Å². The molecule has 3 aliphatic rings. The molecule has 2 amide bonds. The predicted octanol–water partition coefficient (Wildman–Crippen LogP) is 7.73. The fraction of sp³-hybridized carbons (Fsp3) is 0.487. The van der Waals surface area contributed by atoms with E-state index in [0.29, 0.717) is 72.5 Å². The standard InChI is InChI=1S/C20H22F3N3O.C19H22F3N3O/c21-20(22,23)19-16-5-1-2-6-17(16)26(24-19)15-9-7-14(8-10-15)13-18(27)25-11-3-4-12-25;1-3-24(2)17(26)12-13-8-10-14(11-9-13)25-16-7-5-4-6-15(16)18(23-25)19(20,21)22/h7-10H,1-6,11-13H2;8-11H,3-7,12H2,1-2H3. The zero-order valence-electron chi connectivity index (χ0n) is 30.0. The molecule has 2 aromatic carbocycles. The maximum atomic E-state index is 13.3. The number of halogens is 6. The molecule has 284 valence electrons. The second-order valence-electron chi connectivity index (χ2n) is 14.0. The largest absolute Gasteiger partial charge is 0.435 e. The minimum atomic E-state index is -4.44. The van der Waals surface area contributed by atoms with E-state index in [-0.39, 0.29) is 18.2 Å². The van der Waals surface area contributed by atoms with E-state index >= 15 is 0 Å². The maximum absolute atomic E-state index is 13.3. The smallest absolute Gasteiger partial charge is 0.346 e. The first-order valence-electron chi connectivity index (χ1n) is 18.3. The zero-order valence-corrected chi connectivity index (χ0v) is 30.0. The Bertz CT molecular complexity index is 1900. The highest BCUT2D eigenvalue weighted by Crippen LogP contribution is 2.38. The molecule has 53 heavy (non-hydrogen) atoms. The Labute approximate surface area is 304 Å². The lowest BCUT2D eigenvalue weighted by atomic mass is 9.95. The highest BCUT2D eigenvalue weighted by Gasteiger charge is 2.41. The van der Waals surface area contributed by atoms with E-state index in [2.05, 4.69) is 10.2 Å². The van der Waals surface area contributed by atoms with Gasteiger partial charge in [0.05, 0.1) is 24.2 Å². The van der Waals surface area contributed by atoms with Crippen LogP contribution in [-0.2, 0) is 60.5 Å². The van der Waals surface area contributed by atoms with Gasteiger partial charge in [0, 0.05) is 49.2 Å². The summed E-state index contributed by atoms with van der Waals surface area (Å²) in [5.41, 5.74) is 3.35. The van der Waals surface area contributed by atoms with Gasteiger partial charge in [0.25, 0.3) is 0 Å². The molecule has 14 heteroatoms. The highest BCUT2D eigenvalue weighted by molar-refractivity contribution is 5.79. The fourth-order valence-corrected chi connectivity index (χ4v) is 7.33. The van der Waals surface area contributed by atoms with Gasteiger partial charge in [-0.1, -0.05) is 24.3 Å². The van der Waals surface area contributed by atoms with Gasteiger partial charge in [-0.2, -0.15) is 36.5 Å². The molecule has 3 heterocycles. The summed E-state index contributed by atoms with van der Waals surface area (Å²) in [5.74, 6) is 0.118. The van der Waals surface area contributed by atoms with Crippen LogP contribution >= 0.6 is 0 Å². The first kappa shape index (κ1) is 38.1. The monoisotopic (exact) mass is 742 g/mol. The van der Waals surface area contributed by atoms with Crippen LogP contribution in [0.4, 0.5) is 26.3 Å². The normalized spacial score (nSPS) is 15.7. The molecular formula is C39H44F6N6O2. The van der Waals surface area contributed by atoms with Crippen molar-refractivity contribution in [2.45, 2.75) is 96.3 Å². The average Bonchev–Trinajstić information content (AvgIpc) is 3.90. The molecule has 0 atom stereocenters. The molecule has 1 fully saturated rings. The number of nitrogens with zero attached hydrogens (tertiary/aromatic N) is 6. The van der Waals surface area contributed by atoms with Crippen LogP contribution in [-0.4, -0.2) is 67.9 Å². The van der Waals surface area contributed by atoms with Gasteiger partial charge in [-0.05, 0) is 107 Å². The molecule has 0 saturated carbocycles. The van der Waals surface area contributed by atoms with E-state index in [1.165, 1.54) is 9.36 Å². The van der Waals surface area contributed by atoms with Crippen molar-refractivity contribution in [3.05, 3.63) is 93.6 Å². The molecule has 2 aromatic heterocycles. The van der Waals surface area contributed by atoms with Crippen molar-refractivity contribution in [1.82, 2.24) is 29.4 Å². The van der Waals surface area contributed by atoms with Crippen molar-refractivity contribution in [1.29, 1.82) is 0 Å². The second-order valence-corrected chi connectivity index (χ2v) is 14.0. The third-order valence-corrected chi connectivity index (χ3v) is 10.3. The van der Waals surface area contributed by atoms with Crippen LogP contribution in [0.25, 0.3) is 11.4 Å². The number of rotatable bonds is 7. The quantitative estimate of drug-likeness (QED) is 0.182. The van der Waals surface area contributed by atoms with Crippen LogP contribution in [0.3, 0.4) is 0 Å². The molecule has 1 saturated heterocycles. The molecular weight excluding hydrogens is 698 g/mol. The lowest BCUT2D eigenvalue weighted by molar-refractivity contribution is -0.142. The number of amides is 2. The van der Waals surface area contributed by atoms with Crippen LogP contribution in [0.1, 0.15) is 90.5 Å². The lowest BCUT2D eigenvalue weighted by Gasteiger charge is -2.16. The van der Waals surface area contributed by atoms with E-state index in [4.69, 9.17) is 0 Å². The average molecular weight is 743 g/mol. The number of carbonyl (C=O) groups excluding carboxylic acids is 2. The van der Waals surface area contributed by atoms with Gasteiger partial charge in [-0.25, -0.2) is 9.36 Å². The van der Waals surface area contributed by atoms with Gasteiger partial charge in [-0.3, -0.25) is 9.59 Å². The minimum Gasteiger partial charge on any atom is -0.346 e. The topological polar surface area (TPSA) is 76.3 Å². The minimum absolute atomic E-state index is 0.0103. The Morgan fingerprint density at radius 3 is 1.47 bits per heavy atom. The van der Waals surface area contributed by atoms with Crippen molar-refractivity contribution in [3.8, 4) is 11.4 Å². The van der Waals surface area contributed by atoms with Gasteiger partial charge in [0.15, 0.2) is 11.4 Å². The summed E-state index contributed by atoms with van der Waals surface area (Å²) in [6.45, 7) is 4.17. The number of likely N-dealkylation sites (N-methyl/N-ethyl adjacent to an activating group) is 1. The Morgan fingerprint density at radius 1 is 0.642 bits per heavy atom. The van der Waals surface area contributed by atoms with E-state index in [9.17, 15) is 35.9 Å². The molecule has 4 aromatic rings. The number of likely N-dealkylation sites (tertiary alicyclic amines) is 1. The van der Waals surface area contributed by atoms with Crippen LogP contribution in [0, 0.1) is 0 Å². The first-order chi connectivity index (χ1) is 25.2. The third-order valence-electron chi connectivity index (χ3n) is 10.3. The number of hydrogen-bond acceptors (Lipinski definition) is 4. The SMILES string of the molecule is CCN(C)C(=O)Cc1ccc(-n2nc(C(F)(F)F)c3c2CCCC3)cc1.O=C(Cc1ccc(-n2nc(C(F)(F)F)c3c2CCCC3)cc1)N1CCCC1. The summed E-state index contributed by atoms with van der Waals surface area (Å²) in [6.07, 6.45) is -0.871. The van der Waals surface area contributed by atoms with Gasteiger partial charge in [0.2, 0.25) is 11.8 Å². The van der Waals surface area contributed by atoms with Crippen molar-refractivity contribution in [3.63, 3.8) is 0 Å². The number of carbonyl (C=O) groups is 2. The molecule has 0 bridgehead atoms. The summed E-state index contributed by atoms with van der Waals surface area (Å²) in [4.78, 5) is 27.7. The van der Waals surface area contributed by atoms with Crippen molar-refractivity contribution < 1.29 is 35.9 Å². The Kier molecular flexibility index (Phi) is 11.3. The van der Waals surface area contributed by atoms with Crippen LogP contribution in [0.5, 0.6) is 0 Å². The van der Waals surface area contributed by atoms with Crippen molar-refractivity contribution >= 4 is 11.8 Å². The first-order valence-corrected chi connectivity index (χ1v) is 18.3. The fourth-order valence-electron chi connectivity index (χ4n) is 7.33. The summed E-state index contributed by atoms with van der Waals surface area (Å²) < 4.78 is 82.8. The molecule has 2 aliphatic carbocycles. The van der Waals surface area contributed by atoms with Gasteiger partial charge >= 0.3 is 12.4 Å². The molecule has 0 radical (unpaired) electrons. The molecule has 8 nitrogen and oxygen atoms in total. The van der Waals surface area contributed by atoms with Crippen molar-refractivity contribution in [2.75, 3.05) is 26.7 Å². The predicted molar refractivity (Wildman–Crippen MR) is 187 cm³/mol. The Hall–Kier alpha value is -4.62. The van der Waals surface area contributed by atoms with Gasteiger partial charge in [0.1, 0.15) is 0 Å². The second kappa shape index (κ2) is 15.8. The maximum Gasteiger partial charge on any atom is 0.435 e. The molecule has 7 rings (SSSR count). The molecule has 1 aliphatic heterocycles. The molecule has 0 unspecified atom stereocenters. The van der Waals surface area contributed by atoms with Crippen LogP contribution in [0.2, 0.25) is 0 Å². The lowest BCUT2D eigenvalue weighted by Crippen LogP contribution is -2.29. The van der Waals surface area contributed by atoms with E-state index < -0.39 is 23.7 Å². The van der Waals surface area contributed by atoms with Crippen molar-refractivity contribution in [2.24, 2.45) is 0 Å². The van der Waals surface area contributed by atoms with Crippen LogP contribution in [0.15, 0.2) is 48.5 Å². The number of benzene rings is 2. The zero-order chi connectivity index (χ0) is 37.9. The Morgan fingerprint density at radius 2 is 1.06 bits per heavy atom. The summed E-state index contributed by atoms with van der Waals surface area (Å²) in [6, 6.07) is 14.2. The summed E-state index contributed by atoms with van der Waals surface area (Å²) in [7, 11) is 1.74. The number of hydrogen-bond donors (Lipinski definition) is 0. The van der Waals surface area contributed by atoms with Crippen LogP contribution < -0.4 is 0 Å².